The third-order valence-corrected chi connectivity index (χ3v) is 7.32. The lowest BCUT2D eigenvalue weighted by Gasteiger charge is -2.58. The molecule has 1 heterocycles. The summed E-state index contributed by atoms with van der Waals surface area (Å²) in [5, 5.41) is 0. The molecule has 0 unspecified atom stereocenters. The zero-order valence-electron chi connectivity index (χ0n) is 18.1. The number of hydrogen-bond acceptors (Lipinski definition) is 6. The van der Waals surface area contributed by atoms with Crippen LogP contribution in [0.1, 0.15) is 59.8 Å². The molecule has 2 fully saturated rings. The second-order valence-electron chi connectivity index (χ2n) is 9.50. The number of rotatable bonds is 4. The van der Waals surface area contributed by atoms with E-state index in [1.165, 1.54) is 26.5 Å². The van der Waals surface area contributed by atoms with Crippen LogP contribution in [0.2, 0.25) is 0 Å². The van der Waals surface area contributed by atoms with Crippen LogP contribution in [-0.4, -0.2) is 37.7 Å². The van der Waals surface area contributed by atoms with Gasteiger partial charge in [-0.3, -0.25) is 4.79 Å². The highest BCUT2D eigenvalue weighted by Gasteiger charge is 2.55. The third-order valence-electron chi connectivity index (χ3n) is 7.32. The maximum atomic E-state index is 12.9. The number of allylic oxidation sites excluding steroid dienone is 1. The Balaban J connectivity index is 1.93. The Labute approximate surface area is 172 Å². The summed E-state index contributed by atoms with van der Waals surface area (Å²) < 4.78 is 15.6. The molecule has 1 aliphatic heterocycles. The van der Waals surface area contributed by atoms with Gasteiger partial charge in [0, 0.05) is 30.1 Å². The van der Waals surface area contributed by atoms with Gasteiger partial charge < -0.3 is 14.2 Å². The maximum absolute atomic E-state index is 12.9. The predicted octanol–water partition coefficient (Wildman–Crippen LogP) is 3.74. The summed E-state index contributed by atoms with van der Waals surface area (Å²) in [5.74, 6) is -0.790. The Morgan fingerprint density at radius 1 is 1.28 bits per heavy atom. The van der Waals surface area contributed by atoms with E-state index in [-0.39, 0.29) is 29.3 Å². The van der Waals surface area contributed by atoms with Gasteiger partial charge in [0.2, 0.25) is 0 Å². The minimum atomic E-state index is -0.608. The average molecular weight is 405 g/mol. The molecule has 160 valence electrons. The van der Waals surface area contributed by atoms with Gasteiger partial charge in [0.25, 0.3) is 0 Å². The highest BCUT2D eigenvalue weighted by atomic mass is 16.6. The van der Waals surface area contributed by atoms with E-state index in [2.05, 4.69) is 26.8 Å². The molecule has 3 aliphatic rings. The highest BCUT2D eigenvalue weighted by Crippen LogP contribution is 2.61. The molecule has 0 radical (unpaired) electrons. The lowest BCUT2D eigenvalue weighted by Crippen LogP contribution is -2.52. The van der Waals surface area contributed by atoms with E-state index in [1.807, 2.05) is 0 Å². The van der Waals surface area contributed by atoms with E-state index < -0.39 is 18.0 Å². The van der Waals surface area contributed by atoms with Gasteiger partial charge in [-0.2, -0.15) is 0 Å². The topological polar surface area (TPSA) is 78.9 Å². The molecular formula is C23H32O6. The first-order valence-corrected chi connectivity index (χ1v) is 10.4. The summed E-state index contributed by atoms with van der Waals surface area (Å²) in [6.07, 6.45) is 7.63. The smallest absolute Gasteiger partial charge is 0.334 e. The molecule has 4 atom stereocenters. The van der Waals surface area contributed by atoms with E-state index in [4.69, 9.17) is 14.2 Å². The van der Waals surface area contributed by atoms with Crippen LogP contribution >= 0.6 is 0 Å². The summed E-state index contributed by atoms with van der Waals surface area (Å²) in [5.41, 5.74) is 1.44. The lowest BCUT2D eigenvalue weighted by molar-refractivity contribution is -0.155. The van der Waals surface area contributed by atoms with Gasteiger partial charge in [-0.25, -0.2) is 9.59 Å². The first-order valence-electron chi connectivity index (χ1n) is 10.4. The van der Waals surface area contributed by atoms with Crippen LogP contribution in [0.15, 0.2) is 23.3 Å². The zero-order chi connectivity index (χ0) is 21.4. The summed E-state index contributed by atoms with van der Waals surface area (Å²) in [6, 6.07) is 0. The second-order valence-corrected chi connectivity index (χ2v) is 9.50. The van der Waals surface area contributed by atoms with Gasteiger partial charge in [-0.15, -0.1) is 0 Å². The van der Waals surface area contributed by atoms with Crippen LogP contribution in [0, 0.1) is 22.7 Å². The van der Waals surface area contributed by atoms with Crippen molar-refractivity contribution in [2.45, 2.75) is 65.9 Å². The molecule has 0 N–H and O–H groups in total. The molecule has 29 heavy (non-hydrogen) atoms. The summed E-state index contributed by atoms with van der Waals surface area (Å²) in [6.45, 7) is 8.17. The highest BCUT2D eigenvalue weighted by molar-refractivity contribution is 5.91. The van der Waals surface area contributed by atoms with Gasteiger partial charge >= 0.3 is 17.9 Å². The van der Waals surface area contributed by atoms with Crippen molar-refractivity contribution in [2.24, 2.45) is 22.7 Å². The molecule has 6 nitrogen and oxygen atoms in total. The van der Waals surface area contributed by atoms with Crippen molar-refractivity contribution >= 4 is 17.9 Å². The molecule has 0 amide bonds. The number of hydrogen-bond donors (Lipinski definition) is 0. The Hall–Kier alpha value is -2.11. The van der Waals surface area contributed by atoms with Gasteiger partial charge in [0.15, 0.2) is 0 Å². The molecule has 6 heteroatoms. The van der Waals surface area contributed by atoms with Gasteiger partial charge in [-0.1, -0.05) is 33.3 Å². The number of carbonyl (C=O) groups is 3. The van der Waals surface area contributed by atoms with Crippen molar-refractivity contribution in [1.29, 1.82) is 0 Å². The maximum Gasteiger partial charge on any atom is 0.334 e. The largest absolute Gasteiger partial charge is 0.466 e. The fraction of sp³-hybridized carbons (Fsp3) is 0.696. The van der Waals surface area contributed by atoms with E-state index in [0.717, 1.165) is 24.8 Å². The Morgan fingerprint density at radius 2 is 2.00 bits per heavy atom. The number of esters is 3. The quantitative estimate of drug-likeness (QED) is 0.403. The SMILES string of the molecule is COC(=O)/C=C(/COC(C)=O)[C@@H]1C[C@H]2C(=CC[C@H]3C(C)(C)CCC[C@]23C)C(=O)O1. The second kappa shape index (κ2) is 7.96. The predicted molar refractivity (Wildman–Crippen MR) is 107 cm³/mol. The summed E-state index contributed by atoms with van der Waals surface area (Å²) >= 11 is 0. The molecular weight excluding hydrogens is 372 g/mol. The number of cyclic esters (lactones) is 1. The van der Waals surface area contributed by atoms with Crippen molar-refractivity contribution in [2.75, 3.05) is 13.7 Å². The van der Waals surface area contributed by atoms with Crippen molar-refractivity contribution < 1.29 is 28.6 Å². The standard InChI is InChI=1S/C23H32O6/c1-14(24)28-13-15(11-20(25)27-5)18-12-17-16(21(26)29-18)7-8-19-22(2,3)9-6-10-23(17,19)4/h7,11,17-19H,6,8-10,12-13H2,1-5H3/b15-11-/t17-,18-,19-,23+/m0/s1. The van der Waals surface area contributed by atoms with Gasteiger partial charge in [0.05, 0.1) is 7.11 Å². The molecule has 1 saturated carbocycles. The van der Waals surface area contributed by atoms with Crippen molar-refractivity contribution in [3.63, 3.8) is 0 Å². The van der Waals surface area contributed by atoms with Crippen LogP contribution in [0.3, 0.4) is 0 Å². The van der Waals surface area contributed by atoms with Crippen LogP contribution in [0.25, 0.3) is 0 Å². The van der Waals surface area contributed by atoms with Crippen LogP contribution in [-0.2, 0) is 28.6 Å². The third kappa shape index (κ3) is 4.12. The first-order chi connectivity index (χ1) is 13.6. The molecule has 0 spiro atoms. The van der Waals surface area contributed by atoms with Crippen molar-refractivity contribution in [3.05, 3.63) is 23.3 Å². The van der Waals surface area contributed by atoms with Gasteiger partial charge in [0.1, 0.15) is 12.7 Å². The number of carbonyl (C=O) groups excluding carboxylic acids is 3. The molecule has 0 aromatic carbocycles. The fourth-order valence-corrected chi connectivity index (χ4v) is 5.84. The van der Waals surface area contributed by atoms with Crippen LogP contribution in [0.4, 0.5) is 0 Å². The summed E-state index contributed by atoms with van der Waals surface area (Å²) in [7, 11) is 1.28. The Morgan fingerprint density at radius 3 is 2.66 bits per heavy atom. The molecule has 0 aromatic rings. The van der Waals surface area contributed by atoms with Crippen molar-refractivity contribution in [3.8, 4) is 0 Å². The van der Waals surface area contributed by atoms with Crippen LogP contribution < -0.4 is 0 Å². The molecule has 1 saturated heterocycles. The average Bonchev–Trinajstić information content (AvgIpc) is 2.64. The lowest BCUT2D eigenvalue weighted by atomic mass is 9.47. The minimum absolute atomic E-state index is 0.00132. The molecule has 2 aliphatic carbocycles. The minimum Gasteiger partial charge on any atom is -0.466 e. The van der Waals surface area contributed by atoms with Crippen molar-refractivity contribution in [1.82, 2.24) is 0 Å². The van der Waals surface area contributed by atoms with E-state index in [9.17, 15) is 14.4 Å². The Kier molecular flexibility index (Phi) is 5.93. The molecule has 3 rings (SSSR count). The zero-order valence-corrected chi connectivity index (χ0v) is 18.1. The fourth-order valence-electron chi connectivity index (χ4n) is 5.84. The monoisotopic (exact) mass is 404 g/mol. The number of ether oxygens (including phenoxy) is 3. The summed E-state index contributed by atoms with van der Waals surface area (Å²) in [4.78, 5) is 36.0. The van der Waals surface area contributed by atoms with E-state index in [0.29, 0.717) is 17.9 Å². The molecule has 0 bridgehead atoms. The van der Waals surface area contributed by atoms with Gasteiger partial charge in [-0.05, 0) is 42.4 Å². The Bertz CT molecular complexity index is 761. The van der Waals surface area contributed by atoms with E-state index >= 15 is 0 Å². The number of fused-ring (bicyclic) bond motifs is 3. The van der Waals surface area contributed by atoms with E-state index in [1.54, 1.807) is 0 Å². The normalized spacial score (nSPS) is 33.6. The van der Waals surface area contributed by atoms with Crippen LogP contribution in [0.5, 0.6) is 0 Å². The number of methoxy groups -OCH3 is 1. The molecule has 0 aromatic heterocycles. The first kappa shape index (κ1) is 21.6.